The summed E-state index contributed by atoms with van der Waals surface area (Å²) in [5.74, 6) is -1.01. The maximum atomic E-state index is 12.8. The third kappa shape index (κ3) is 3.96. The number of fused-ring (bicyclic) bond motifs is 1. The van der Waals surface area contributed by atoms with Gasteiger partial charge in [-0.05, 0) is 57.2 Å². The highest BCUT2D eigenvalue weighted by atomic mass is 16.2. The molecule has 0 spiro atoms. The van der Waals surface area contributed by atoms with Gasteiger partial charge in [-0.3, -0.25) is 30.0 Å². The first kappa shape index (κ1) is 21.8. The Kier molecular flexibility index (Phi) is 5.70. The highest BCUT2D eigenvalue weighted by Gasteiger charge is 2.18. The van der Waals surface area contributed by atoms with E-state index in [0.29, 0.717) is 23.1 Å². The number of amides is 2. The maximum absolute atomic E-state index is 12.8. The highest BCUT2D eigenvalue weighted by Crippen LogP contribution is 2.20. The fourth-order valence-electron chi connectivity index (χ4n) is 3.95. The molecule has 4 aromatic rings. The molecule has 3 N–H and O–H groups in total. The van der Waals surface area contributed by atoms with Crippen LogP contribution in [-0.4, -0.2) is 25.9 Å². The van der Waals surface area contributed by atoms with E-state index in [4.69, 9.17) is 0 Å². The fourth-order valence-corrected chi connectivity index (χ4v) is 3.95. The second-order valence-electron chi connectivity index (χ2n) is 7.60. The minimum atomic E-state index is -0.760. The van der Waals surface area contributed by atoms with E-state index < -0.39 is 22.9 Å². The first-order chi connectivity index (χ1) is 15.8. The molecule has 168 valence electrons. The van der Waals surface area contributed by atoms with E-state index in [1.165, 1.54) is 16.7 Å². The van der Waals surface area contributed by atoms with Gasteiger partial charge in [-0.1, -0.05) is 18.2 Å². The average molecular weight is 445 g/mol. The summed E-state index contributed by atoms with van der Waals surface area (Å²) in [4.78, 5) is 51.7. The lowest BCUT2D eigenvalue weighted by Gasteiger charge is -2.11. The Hall–Kier alpha value is -4.40. The number of aryl methyl sites for hydroxylation is 2. The molecule has 33 heavy (non-hydrogen) atoms. The number of nitrogens with one attached hydrogen (secondary N) is 3. The molecule has 0 radical (unpaired) electrons. The lowest BCUT2D eigenvalue weighted by Crippen LogP contribution is -2.42. The van der Waals surface area contributed by atoms with Gasteiger partial charge in [0, 0.05) is 29.2 Å². The van der Waals surface area contributed by atoms with Crippen LogP contribution < -0.4 is 22.0 Å². The third-order valence-corrected chi connectivity index (χ3v) is 5.53. The van der Waals surface area contributed by atoms with Gasteiger partial charge in [0.2, 0.25) is 0 Å². The monoisotopic (exact) mass is 445 g/mol. The zero-order valence-electron chi connectivity index (χ0n) is 18.4. The van der Waals surface area contributed by atoms with Crippen molar-refractivity contribution >= 4 is 22.8 Å². The van der Waals surface area contributed by atoms with Gasteiger partial charge in [0.25, 0.3) is 11.8 Å². The van der Waals surface area contributed by atoms with Crippen LogP contribution in [0.4, 0.5) is 0 Å². The molecular formula is C24H23N5O4. The van der Waals surface area contributed by atoms with E-state index in [2.05, 4.69) is 15.8 Å². The summed E-state index contributed by atoms with van der Waals surface area (Å²) >= 11 is 0. The van der Waals surface area contributed by atoms with E-state index in [-0.39, 0.29) is 5.56 Å². The smallest absolute Gasteiger partial charge is 0.316 e. The molecule has 0 aliphatic rings. The molecule has 0 aliphatic heterocycles. The van der Waals surface area contributed by atoms with Gasteiger partial charge >= 0.3 is 11.1 Å². The Bertz CT molecular complexity index is 1500. The fraction of sp³-hybridized carbons (Fsp3) is 0.167. The number of hydrogen-bond donors (Lipinski definition) is 3. The number of hydrogen-bond acceptors (Lipinski definition) is 4. The summed E-state index contributed by atoms with van der Waals surface area (Å²) < 4.78 is 3.30. The molecule has 2 amide bonds. The second-order valence-corrected chi connectivity index (χ2v) is 7.60. The van der Waals surface area contributed by atoms with Crippen LogP contribution in [0.5, 0.6) is 0 Å². The molecule has 0 atom stereocenters. The third-order valence-electron chi connectivity index (χ3n) is 5.53. The molecule has 0 aliphatic carbocycles. The summed E-state index contributed by atoms with van der Waals surface area (Å²) in [6.45, 7) is 5.82. The van der Waals surface area contributed by atoms with Crippen molar-refractivity contribution in [2.75, 3.05) is 0 Å². The van der Waals surface area contributed by atoms with Crippen molar-refractivity contribution in [2.45, 2.75) is 27.3 Å². The van der Waals surface area contributed by atoms with Crippen molar-refractivity contribution in [3.8, 4) is 5.69 Å². The molecule has 2 aromatic heterocycles. The van der Waals surface area contributed by atoms with Crippen LogP contribution in [0.25, 0.3) is 16.7 Å². The number of para-hydroxylation sites is 1. The zero-order valence-corrected chi connectivity index (χ0v) is 18.4. The number of benzene rings is 2. The molecule has 2 heterocycles. The SMILES string of the molecule is CCn1c(=O)c(=O)[nH]c2cc(C(=O)NNC(=O)c3cc(C)n(-c4ccccc4)c3C)ccc21. The van der Waals surface area contributed by atoms with Gasteiger partial charge < -0.3 is 14.1 Å². The van der Waals surface area contributed by atoms with Crippen molar-refractivity contribution in [3.63, 3.8) is 0 Å². The molecular weight excluding hydrogens is 422 g/mol. The van der Waals surface area contributed by atoms with Gasteiger partial charge in [-0.15, -0.1) is 0 Å². The quantitative estimate of drug-likeness (QED) is 0.330. The van der Waals surface area contributed by atoms with E-state index >= 15 is 0 Å². The number of aromatic amines is 1. The average Bonchev–Trinajstić information content (AvgIpc) is 3.12. The molecule has 0 bridgehead atoms. The summed E-state index contributed by atoms with van der Waals surface area (Å²) in [5, 5.41) is 0. The van der Waals surface area contributed by atoms with Crippen LogP contribution in [-0.2, 0) is 6.54 Å². The van der Waals surface area contributed by atoms with E-state index in [1.54, 1.807) is 19.1 Å². The minimum absolute atomic E-state index is 0.217. The van der Waals surface area contributed by atoms with Crippen LogP contribution in [0.2, 0.25) is 0 Å². The Morgan fingerprint density at radius 2 is 1.64 bits per heavy atom. The highest BCUT2D eigenvalue weighted by molar-refractivity contribution is 6.01. The van der Waals surface area contributed by atoms with Crippen molar-refractivity contribution in [1.82, 2.24) is 25.0 Å². The Morgan fingerprint density at radius 3 is 2.33 bits per heavy atom. The molecule has 2 aromatic carbocycles. The van der Waals surface area contributed by atoms with Gasteiger partial charge in [0.05, 0.1) is 16.6 Å². The topological polar surface area (TPSA) is 118 Å². The molecule has 0 fully saturated rings. The number of nitrogens with zero attached hydrogens (tertiary/aromatic N) is 2. The maximum Gasteiger partial charge on any atom is 0.316 e. The number of carbonyl (C=O) groups excluding carboxylic acids is 2. The van der Waals surface area contributed by atoms with Gasteiger partial charge in [0.15, 0.2) is 0 Å². The van der Waals surface area contributed by atoms with E-state index in [1.807, 2.05) is 48.7 Å². The van der Waals surface area contributed by atoms with Crippen molar-refractivity contribution in [1.29, 1.82) is 0 Å². The number of H-pyrrole nitrogens is 1. The first-order valence-corrected chi connectivity index (χ1v) is 10.4. The van der Waals surface area contributed by atoms with E-state index in [0.717, 1.165) is 17.1 Å². The second kappa shape index (κ2) is 8.62. The Labute approximate surface area is 188 Å². The Balaban J connectivity index is 1.54. The molecule has 0 unspecified atom stereocenters. The summed E-state index contributed by atoms with van der Waals surface area (Å²) in [6, 6.07) is 16.0. The van der Waals surface area contributed by atoms with Crippen LogP contribution in [0, 0.1) is 13.8 Å². The standard InChI is InChI=1S/C24H23N5O4/c1-4-28-20-11-10-16(13-19(20)25-23(32)24(28)33)21(30)26-27-22(31)18-12-14(2)29(15(18)3)17-8-6-5-7-9-17/h5-13H,4H2,1-3H3,(H,25,32)(H,26,30)(H,27,31). The molecule has 0 saturated heterocycles. The number of carbonyl (C=O) groups is 2. The summed E-state index contributed by atoms with van der Waals surface area (Å²) in [7, 11) is 0. The summed E-state index contributed by atoms with van der Waals surface area (Å²) in [6.07, 6.45) is 0. The largest absolute Gasteiger partial charge is 0.318 e. The van der Waals surface area contributed by atoms with Crippen LogP contribution in [0.3, 0.4) is 0 Å². The number of aromatic nitrogens is 3. The van der Waals surface area contributed by atoms with Crippen LogP contribution in [0.15, 0.2) is 64.2 Å². The van der Waals surface area contributed by atoms with Gasteiger partial charge in [-0.2, -0.15) is 0 Å². The molecule has 9 heteroatoms. The zero-order chi connectivity index (χ0) is 23.7. The van der Waals surface area contributed by atoms with Crippen molar-refractivity contribution in [2.24, 2.45) is 0 Å². The van der Waals surface area contributed by atoms with E-state index in [9.17, 15) is 19.2 Å². The van der Waals surface area contributed by atoms with Gasteiger partial charge in [-0.25, -0.2) is 0 Å². The Morgan fingerprint density at radius 1 is 0.939 bits per heavy atom. The lowest BCUT2D eigenvalue weighted by molar-refractivity contribution is 0.0846. The molecule has 9 nitrogen and oxygen atoms in total. The minimum Gasteiger partial charge on any atom is -0.318 e. The predicted octanol–water partition coefficient (Wildman–Crippen LogP) is 2.19. The van der Waals surface area contributed by atoms with Crippen LogP contribution >= 0.6 is 0 Å². The van der Waals surface area contributed by atoms with Gasteiger partial charge in [0.1, 0.15) is 0 Å². The van der Waals surface area contributed by atoms with Crippen molar-refractivity contribution in [3.05, 3.63) is 97.8 Å². The molecule has 0 saturated carbocycles. The molecule has 4 rings (SSSR count). The normalized spacial score (nSPS) is 10.9. The number of hydrazine groups is 1. The van der Waals surface area contributed by atoms with Crippen molar-refractivity contribution < 1.29 is 9.59 Å². The summed E-state index contributed by atoms with van der Waals surface area (Å²) in [5.41, 5.74) is 7.52. The number of rotatable bonds is 4. The first-order valence-electron chi connectivity index (χ1n) is 10.4. The predicted molar refractivity (Wildman–Crippen MR) is 125 cm³/mol. The van der Waals surface area contributed by atoms with Crippen LogP contribution in [0.1, 0.15) is 39.0 Å². The lowest BCUT2D eigenvalue weighted by atomic mass is 10.2.